The number of hydrogen-bond donors (Lipinski definition) is 3. The summed E-state index contributed by atoms with van der Waals surface area (Å²) >= 11 is 0. The van der Waals surface area contributed by atoms with Crippen molar-refractivity contribution < 1.29 is 32.4 Å². The predicted octanol–water partition coefficient (Wildman–Crippen LogP) is 2.77. The third-order valence-electron chi connectivity index (χ3n) is 4.62. The lowest BCUT2D eigenvalue weighted by Crippen LogP contribution is -3.11. The quantitative estimate of drug-likeness (QED) is 0.432. The van der Waals surface area contributed by atoms with Crippen molar-refractivity contribution in [3.63, 3.8) is 0 Å². The van der Waals surface area contributed by atoms with Crippen LogP contribution in [0, 0.1) is 17.5 Å². The molecule has 0 heterocycles. The van der Waals surface area contributed by atoms with Gasteiger partial charge in [0, 0.05) is 5.69 Å². The average Bonchev–Trinajstić information content (AvgIpc) is 2.79. The second-order valence-electron chi connectivity index (χ2n) is 7.43. The van der Waals surface area contributed by atoms with Crippen LogP contribution in [-0.4, -0.2) is 32.0 Å². The molecule has 0 radical (unpaired) electrons. The molecule has 2 amide bonds. The van der Waals surface area contributed by atoms with Gasteiger partial charge in [-0.1, -0.05) is 30.3 Å². The molecule has 6 nitrogen and oxygen atoms in total. The van der Waals surface area contributed by atoms with Gasteiger partial charge in [0.05, 0.1) is 12.7 Å². The number of nitrogens with one attached hydrogen (secondary N) is 3. The molecule has 0 aromatic heterocycles. The number of halogens is 3. The van der Waals surface area contributed by atoms with Gasteiger partial charge in [-0.25, -0.2) is 13.2 Å². The van der Waals surface area contributed by atoms with Crippen molar-refractivity contribution in [3.05, 3.63) is 89.7 Å². The van der Waals surface area contributed by atoms with Gasteiger partial charge in [-0.05, 0) is 42.0 Å². The summed E-state index contributed by atoms with van der Waals surface area (Å²) in [5.41, 5.74) is 1.14. The van der Waals surface area contributed by atoms with E-state index in [0.717, 1.165) is 17.7 Å². The molecule has 0 aliphatic rings. The molecule has 33 heavy (non-hydrogen) atoms. The number of benzene rings is 3. The van der Waals surface area contributed by atoms with E-state index < -0.39 is 29.0 Å². The fourth-order valence-electron chi connectivity index (χ4n) is 3.01. The van der Waals surface area contributed by atoms with Crippen molar-refractivity contribution in [1.82, 2.24) is 0 Å². The Morgan fingerprint density at radius 3 is 2.12 bits per heavy atom. The third kappa shape index (κ3) is 7.08. The Morgan fingerprint density at radius 1 is 0.818 bits per heavy atom. The molecule has 0 saturated carbocycles. The highest BCUT2D eigenvalue weighted by atomic mass is 19.2. The van der Waals surface area contributed by atoms with Gasteiger partial charge in [-0.15, -0.1) is 0 Å². The second-order valence-corrected chi connectivity index (χ2v) is 7.43. The summed E-state index contributed by atoms with van der Waals surface area (Å²) in [6.07, 6.45) is 0. The minimum Gasteiger partial charge on any atom is -0.489 e. The molecule has 0 bridgehead atoms. The normalized spacial score (nSPS) is 11.5. The Kier molecular flexibility index (Phi) is 8.04. The number of carbonyl (C=O) groups excluding carboxylic acids is 2. The van der Waals surface area contributed by atoms with Crippen molar-refractivity contribution in [2.75, 3.05) is 30.8 Å². The highest BCUT2D eigenvalue weighted by Gasteiger charge is 2.18. The first kappa shape index (κ1) is 23.8. The van der Waals surface area contributed by atoms with Crippen LogP contribution >= 0.6 is 0 Å². The largest absolute Gasteiger partial charge is 0.489 e. The monoisotopic (exact) mass is 458 g/mol. The molecule has 1 unspecified atom stereocenters. The molecule has 0 fully saturated rings. The van der Waals surface area contributed by atoms with E-state index in [1.807, 2.05) is 30.3 Å². The van der Waals surface area contributed by atoms with Crippen molar-refractivity contribution in [1.29, 1.82) is 0 Å². The van der Waals surface area contributed by atoms with Gasteiger partial charge >= 0.3 is 0 Å². The number of quaternary nitrogens is 1. The number of likely N-dealkylation sites (N-methyl/N-ethyl adjacent to an activating group) is 1. The van der Waals surface area contributed by atoms with Crippen molar-refractivity contribution in [2.24, 2.45) is 0 Å². The van der Waals surface area contributed by atoms with Crippen LogP contribution < -0.4 is 20.3 Å². The maximum absolute atomic E-state index is 13.7. The van der Waals surface area contributed by atoms with Gasteiger partial charge in [0.2, 0.25) is 0 Å². The Hall–Kier alpha value is -3.85. The van der Waals surface area contributed by atoms with Crippen LogP contribution in [0.1, 0.15) is 5.56 Å². The van der Waals surface area contributed by atoms with Crippen molar-refractivity contribution in [3.8, 4) is 5.75 Å². The summed E-state index contributed by atoms with van der Waals surface area (Å²) in [5, 5.41) is 4.90. The van der Waals surface area contributed by atoms with Crippen LogP contribution in [0.5, 0.6) is 5.75 Å². The summed E-state index contributed by atoms with van der Waals surface area (Å²) in [6.45, 7) is 0.204. The predicted molar refractivity (Wildman–Crippen MR) is 117 cm³/mol. The minimum absolute atomic E-state index is 0.0417. The van der Waals surface area contributed by atoms with Crippen LogP contribution in [0.4, 0.5) is 24.5 Å². The summed E-state index contributed by atoms with van der Waals surface area (Å²) in [5.74, 6) is -4.82. The maximum Gasteiger partial charge on any atom is 0.279 e. The lowest BCUT2D eigenvalue weighted by molar-refractivity contribution is -0.862. The molecule has 3 N–H and O–H groups in total. The summed E-state index contributed by atoms with van der Waals surface area (Å²) in [4.78, 5) is 24.8. The van der Waals surface area contributed by atoms with E-state index >= 15 is 0 Å². The summed E-state index contributed by atoms with van der Waals surface area (Å²) in [6, 6.07) is 18.2. The molecule has 0 aliphatic carbocycles. The highest BCUT2D eigenvalue weighted by molar-refractivity contribution is 5.93. The minimum atomic E-state index is -1.66. The zero-order valence-electron chi connectivity index (χ0n) is 17.8. The maximum atomic E-state index is 13.7. The Labute approximate surface area is 189 Å². The van der Waals surface area contributed by atoms with Gasteiger partial charge in [-0.2, -0.15) is 0 Å². The van der Waals surface area contributed by atoms with Crippen LogP contribution in [0.2, 0.25) is 0 Å². The fraction of sp³-hybridized carbons (Fsp3) is 0.167. The molecule has 0 aliphatic heterocycles. The summed E-state index contributed by atoms with van der Waals surface area (Å²) < 4.78 is 45.6. The molecule has 3 aromatic carbocycles. The Balaban J connectivity index is 1.44. The fourth-order valence-corrected chi connectivity index (χ4v) is 3.01. The Bertz CT molecular complexity index is 1110. The van der Waals surface area contributed by atoms with E-state index in [-0.39, 0.29) is 19.0 Å². The van der Waals surface area contributed by atoms with Gasteiger partial charge in [0.15, 0.2) is 30.5 Å². The number of anilines is 2. The molecule has 9 heteroatoms. The zero-order valence-corrected chi connectivity index (χ0v) is 17.8. The van der Waals surface area contributed by atoms with E-state index in [9.17, 15) is 22.8 Å². The lowest BCUT2D eigenvalue weighted by atomic mass is 10.2. The molecular formula is C24H23F3N3O3+. The standard InChI is InChI=1S/C24H22F3N3O3/c1-30(14-22(32)29-20-12-11-19(25)23(26)24(20)27)13-21(31)28-17-7-9-18(10-8-17)33-15-16-5-3-2-4-6-16/h2-12H,13-15H2,1H3,(H,28,31)(H,29,32)/p+1. The van der Waals surface area contributed by atoms with E-state index in [4.69, 9.17) is 4.74 Å². The first-order valence-corrected chi connectivity index (χ1v) is 10.1. The van der Waals surface area contributed by atoms with Gasteiger partial charge in [-0.3, -0.25) is 9.59 Å². The number of rotatable bonds is 9. The van der Waals surface area contributed by atoms with E-state index in [1.54, 1.807) is 31.3 Å². The molecule has 3 aromatic rings. The number of ether oxygens (including phenoxy) is 1. The smallest absolute Gasteiger partial charge is 0.279 e. The van der Waals surface area contributed by atoms with Gasteiger partial charge in [0.25, 0.3) is 11.8 Å². The Morgan fingerprint density at radius 2 is 1.45 bits per heavy atom. The number of carbonyl (C=O) groups is 2. The first-order chi connectivity index (χ1) is 15.8. The molecule has 1 atom stereocenters. The zero-order chi connectivity index (χ0) is 23.8. The molecule has 3 rings (SSSR count). The molecule has 0 saturated heterocycles. The van der Waals surface area contributed by atoms with Crippen molar-refractivity contribution in [2.45, 2.75) is 6.61 Å². The van der Waals surface area contributed by atoms with Gasteiger partial charge < -0.3 is 20.3 Å². The van der Waals surface area contributed by atoms with Crippen LogP contribution in [0.3, 0.4) is 0 Å². The molecule has 0 spiro atoms. The van der Waals surface area contributed by atoms with Crippen molar-refractivity contribution >= 4 is 23.2 Å². The molecular weight excluding hydrogens is 435 g/mol. The molecule has 172 valence electrons. The first-order valence-electron chi connectivity index (χ1n) is 10.1. The van der Waals surface area contributed by atoms with Crippen LogP contribution in [0.15, 0.2) is 66.7 Å². The van der Waals surface area contributed by atoms with E-state index in [0.29, 0.717) is 22.9 Å². The number of amides is 2. The third-order valence-corrected chi connectivity index (χ3v) is 4.62. The second kappa shape index (κ2) is 11.1. The topological polar surface area (TPSA) is 71.9 Å². The van der Waals surface area contributed by atoms with Crippen LogP contribution in [-0.2, 0) is 16.2 Å². The van der Waals surface area contributed by atoms with Crippen LogP contribution in [0.25, 0.3) is 0 Å². The summed E-state index contributed by atoms with van der Waals surface area (Å²) in [7, 11) is 1.60. The highest BCUT2D eigenvalue weighted by Crippen LogP contribution is 2.19. The number of hydrogen-bond acceptors (Lipinski definition) is 3. The lowest BCUT2D eigenvalue weighted by Gasteiger charge is -2.14. The average molecular weight is 458 g/mol. The van der Waals surface area contributed by atoms with E-state index in [2.05, 4.69) is 10.6 Å². The SMILES string of the molecule is C[NH+](CC(=O)Nc1ccc(OCc2ccccc2)cc1)CC(=O)Nc1ccc(F)c(F)c1F. The van der Waals surface area contributed by atoms with E-state index in [1.165, 1.54) is 0 Å². The van der Waals surface area contributed by atoms with Gasteiger partial charge in [0.1, 0.15) is 12.4 Å².